The molecule has 0 amide bonds. The Bertz CT molecular complexity index is 862. The number of pyridine rings is 1. The molecule has 9 heteroatoms. The number of phenolic OH excluding ortho intramolecular Hbond substituents is 1. The average Bonchev–Trinajstić information content (AvgIpc) is 2.61. The van der Waals surface area contributed by atoms with Gasteiger partial charge in [-0.2, -0.15) is 9.37 Å². The largest absolute Gasteiger partial charge is 0.508 e. The van der Waals surface area contributed by atoms with Gasteiger partial charge in [-0.15, -0.1) is 0 Å². The lowest BCUT2D eigenvalue weighted by Gasteiger charge is -2.18. The fourth-order valence-electron chi connectivity index (χ4n) is 2.36. The van der Waals surface area contributed by atoms with E-state index in [0.29, 0.717) is 5.56 Å². The predicted octanol–water partition coefficient (Wildman–Crippen LogP) is 5.42. The summed E-state index contributed by atoms with van der Waals surface area (Å²) < 4.78 is 19.8. The maximum absolute atomic E-state index is 14.1. The van der Waals surface area contributed by atoms with Gasteiger partial charge in [-0.25, -0.2) is 4.79 Å². The van der Waals surface area contributed by atoms with Crippen molar-refractivity contribution in [3.63, 3.8) is 0 Å². The average molecular weight is 417 g/mol. The minimum atomic E-state index is -1.13. The fourth-order valence-corrected chi connectivity index (χ4v) is 2.81. The molecular weight excluding hydrogens is 398 g/mol. The van der Waals surface area contributed by atoms with Crippen LogP contribution in [0.4, 0.5) is 10.2 Å². The van der Waals surface area contributed by atoms with Gasteiger partial charge in [-0.1, -0.05) is 44.0 Å². The van der Waals surface area contributed by atoms with Crippen LogP contribution in [0.1, 0.15) is 38.7 Å². The van der Waals surface area contributed by atoms with Crippen molar-refractivity contribution in [1.29, 1.82) is 0 Å². The molecule has 0 fully saturated rings. The van der Waals surface area contributed by atoms with E-state index in [2.05, 4.69) is 10.3 Å². The van der Waals surface area contributed by atoms with E-state index < -0.39 is 23.0 Å². The zero-order valence-corrected chi connectivity index (χ0v) is 16.4. The van der Waals surface area contributed by atoms with Crippen LogP contribution in [-0.2, 0) is 4.79 Å². The highest BCUT2D eigenvalue weighted by atomic mass is 35.5. The molecule has 27 heavy (non-hydrogen) atoms. The summed E-state index contributed by atoms with van der Waals surface area (Å²) in [6.07, 6.45) is 0.226. The molecule has 0 unspecified atom stereocenters. The third-order valence-electron chi connectivity index (χ3n) is 3.86. The minimum absolute atomic E-state index is 0.0202. The maximum atomic E-state index is 14.1. The molecule has 2 rings (SSSR count). The first kappa shape index (κ1) is 21.1. The smallest absolute Gasteiger partial charge is 0.326 e. The number of nitrogens with one attached hydrogen (secondary N) is 1. The van der Waals surface area contributed by atoms with Gasteiger partial charge in [-0.05, 0) is 30.5 Å². The molecule has 1 atom stereocenters. The van der Waals surface area contributed by atoms with Gasteiger partial charge in [0.1, 0.15) is 27.6 Å². The Morgan fingerprint density at radius 2 is 2.00 bits per heavy atom. The molecule has 0 radical (unpaired) electrons. The molecule has 1 heterocycles. The number of halogens is 3. The normalized spacial score (nSPS) is 12.1. The zero-order chi connectivity index (χ0) is 20.3. The highest BCUT2D eigenvalue weighted by Crippen LogP contribution is 2.42. The van der Waals surface area contributed by atoms with Gasteiger partial charge < -0.3 is 20.3 Å². The second-order valence-electron chi connectivity index (χ2n) is 6.13. The number of carboxylic acids is 1. The molecule has 1 aromatic heterocycles. The molecule has 0 aliphatic heterocycles. The summed E-state index contributed by atoms with van der Waals surface area (Å²) in [5.41, 5.74) is 0.629. The molecule has 146 valence electrons. The molecule has 3 N–H and O–H groups in total. The standard InChI is InChI=1S/C18H19Cl2FN2O4/c1-4-11(18(25)26)22-17-14(20)15(13(19)16(21)23-17)27-9-5-6-12(24)10(7-9)8(2)3/h5-8,11,24H,4H2,1-3H3,(H,22,23)(H,25,26)/t11-/m0/s1. The van der Waals surface area contributed by atoms with Crippen molar-refractivity contribution in [2.45, 2.75) is 39.2 Å². The molecule has 0 aliphatic rings. The number of nitrogens with zero attached hydrogens (tertiary/aromatic N) is 1. The number of aromatic hydroxyl groups is 1. The Hall–Kier alpha value is -2.25. The van der Waals surface area contributed by atoms with E-state index in [1.54, 1.807) is 13.0 Å². The number of benzene rings is 1. The molecule has 1 aromatic carbocycles. The van der Waals surface area contributed by atoms with Crippen molar-refractivity contribution in [2.75, 3.05) is 5.32 Å². The lowest BCUT2D eigenvalue weighted by molar-refractivity contribution is -0.137. The maximum Gasteiger partial charge on any atom is 0.326 e. The number of anilines is 1. The van der Waals surface area contributed by atoms with Crippen LogP contribution in [0.5, 0.6) is 17.2 Å². The van der Waals surface area contributed by atoms with Gasteiger partial charge in [0.25, 0.3) is 0 Å². The van der Waals surface area contributed by atoms with E-state index in [1.165, 1.54) is 12.1 Å². The molecular formula is C18H19Cl2FN2O4. The second kappa shape index (κ2) is 8.63. The van der Waals surface area contributed by atoms with Crippen LogP contribution in [0.25, 0.3) is 0 Å². The number of aromatic nitrogens is 1. The molecule has 0 saturated heterocycles. The Morgan fingerprint density at radius 3 is 2.56 bits per heavy atom. The van der Waals surface area contributed by atoms with E-state index in [4.69, 9.17) is 33.0 Å². The van der Waals surface area contributed by atoms with Crippen LogP contribution in [0.3, 0.4) is 0 Å². The predicted molar refractivity (Wildman–Crippen MR) is 102 cm³/mol. The molecule has 0 saturated carbocycles. The summed E-state index contributed by atoms with van der Waals surface area (Å²) in [4.78, 5) is 14.8. The SMILES string of the molecule is CC[C@H](Nc1nc(F)c(Cl)c(Oc2ccc(O)c(C(C)C)c2)c1Cl)C(=O)O. The van der Waals surface area contributed by atoms with Gasteiger partial charge >= 0.3 is 5.97 Å². The number of hydrogen-bond donors (Lipinski definition) is 3. The van der Waals surface area contributed by atoms with Gasteiger partial charge in [0.05, 0.1) is 0 Å². The summed E-state index contributed by atoms with van der Waals surface area (Å²) in [6.45, 7) is 5.43. The number of phenols is 1. The van der Waals surface area contributed by atoms with Crippen molar-refractivity contribution in [2.24, 2.45) is 0 Å². The molecule has 2 aromatic rings. The van der Waals surface area contributed by atoms with Crippen molar-refractivity contribution >= 4 is 35.0 Å². The van der Waals surface area contributed by atoms with Crippen LogP contribution in [-0.4, -0.2) is 27.2 Å². The lowest BCUT2D eigenvalue weighted by atomic mass is 10.0. The fraction of sp³-hybridized carbons (Fsp3) is 0.333. The number of aliphatic carboxylic acids is 1. The summed E-state index contributed by atoms with van der Waals surface area (Å²) in [5, 5.41) is 21.0. The van der Waals surface area contributed by atoms with E-state index >= 15 is 0 Å². The van der Waals surface area contributed by atoms with Gasteiger partial charge in [0.2, 0.25) is 5.95 Å². The third-order valence-corrected chi connectivity index (χ3v) is 4.53. The van der Waals surface area contributed by atoms with Crippen molar-refractivity contribution in [3.8, 4) is 17.2 Å². The Kier molecular flexibility index (Phi) is 6.73. The number of carboxylic acid groups (broad SMARTS) is 1. The van der Waals surface area contributed by atoms with E-state index in [1.807, 2.05) is 13.8 Å². The first-order valence-electron chi connectivity index (χ1n) is 8.20. The van der Waals surface area contributed by atoms with Crippen LogP contribution < -0.4 is 10.1 Å². The van der Waals surface area contributed by atoms with Gasteiger partial charge in [0.15, 0.2) is 11.6 Å². The highest BCUT2D eigenvalue weighted by Gasteiger charge is 2.24. The Balaban J connectivity index is 2.45. The topological polar surface area (TPSA) is 91.7 Å². The highest BCUT2D eigenvalue weighted by molar-refractivity contribution is 6.38. The number of rotatable bonds is 7. The van der Waals surface area contributed by atoms with Crippen LogP contribution in [0.15, 0.2) is 18.2 Å². The monoisotopic (exact) mass is 416 g/mol. The first-order valence-corrected chi connectivity index (χ1v) is 8.95. The molecule has 6 nitrogen and oxygen atoms in total. The number of ether oxygens (including phenoxy) is 1. The molecule has 0 aliphatic carbocycles. The third kappa shape index (κ3) is 4.73. The van der Waals surface area contributed by atoms with Crippen LogP contribution in [0.2, 0.25) is 10.0 Å². The van der Waals surface area contributed by atoms with Gasteiger partial charge in [-0.3, -0.25) is 0 Å². The Labute approximate surface area is 165 Å². The van der Waals surface area contributed by atoms with E-state index in [-0.39, 0.29) is 40.4 Å². The summed E-state index contributed by atoms with van der Waals surface area (Å²) in [7, 11) is 0. The zero-order valence-electron chi connectivity index (χ0n) is 14.9. The number of hydrogen-bond acceptors (Lipinski definition) is 5. The summed E-state index contributed by atoms with van der Waals surface area (Å²) >= 11 is 12.2. The second-order valence-corrected chi connectivity index (χ2v) is 6.89. The van der Waals surface area contributed by atoms with Gasteiger partial charge in [0, 0.05) is 5.56 Å². The Morgan fingerprint density at radius 1 is 1.33 bits per heavy atom. The van der Waals surface area contributed by atoms with Crippen molar-refractivity contribution < 1.29 is 24.1 Å². The quantitative estimate of drug-likeness (QED) is 0.521. The summed E-state index contributed by atoms with van der Waals surface area (Å²) in [5.74, 6) is -2.17. The number of carbonyl (C=O) groups is 1. The summed E-state index contributed by atoms with van der Waals surface area (Å²) in [6, 6.07) is 3.50. The first-order chi connectivity index (χ1) is 12.6. The van der Waals surface area contributed by atoms with Crippen LogP contribution >= 0.6 is 23.2 Å². The van der Waals surface area contributed by atoms with Crippen molar-refractivity contribution in [3.05, 3.63) is 39.8 Å². The van der Waals surface area contributed by atoms with Crippen LogP contribution in [0, 0.1) is 5.95 Å². The van der Waals surface area contributed by atoms with Crippen molar-refractivity contribution in [1.82, 2.24) is 4.98 Å². The molecule has 0 bridgehead atoms. The van der Waals surface area contributed by atoms with E-state index in [0.717, 1.165) is 0 Å². The molecule has 0 spiro atoms. The van der Waals surface area contributed by atoms with E-state index in [9.17, 15) is 14.3 Å². The minimum Gasteiger partial charge on any atom is -0.508 e. The lowest BCUT2D eigenvalue weighted by Crippen LogP contribution is -2.29.